The predicted octanol–water partition coefficient (Wildman–Crippen LogP) is 10.9. The molecule has 0 amide bonds. The quantitative estimate of drug-likeness (QED) is 0.135. The van der Waals surface area contributed by atoms with E-state index in [1.807, 2.05) is 19.1 Å². The van der Waals surface area contributed by atoms with Crippen LogP contribution in [0, 0.1) is 29.1 Å². The lowest BCUT2D eigenvalue weighted by Gasteiger charge is -2.20. The Morgan fingerprint density at radius 3 is 1.73 bits per heavy atom. The summed E-state index contributed by atoms with van der Waals surface area (Å²) in [6.07, 6.45) is -8.45. The van der Waals surface area contributed by atoms with Crippen LogP contribution in [-0.2, 0) is 12.5 Å². The number of halogens is 10. The minimum absolute atomic E-state index is 0. The molecule has 0 unspecified atom stereocenters. The van der Waals surface area contributed by atoms with Crippen molar-refractivity contribution in [3.05, 3.63) is 119 Å². The molecule has 4 rings (SSSR count). The van der Waals surface area contributed by atoms with E-state index in [-0.39, 0.29) is 31.4 Å². The molecule has 0 fully saturated rings. The number of allylic oxidation sites excluding steroid dienone is 1. The second kappa shape index (κ2) is 13.4. The van der Waals surface area contributed by atoms with E-state index < -0.39 is 70.1 Å². The first-order valence-electron chi connectivity index (χ1n) is 12.5. The Balaban J connectivity index is 0.00000529. The first-order valence-corrected chi connectivity index (χ1v) is 12.5. The lowest BCUT2D eigenvalue weighted by Crippen LogP contribution is -2.25. The summed E-state index contributed by atoms with van der Waals surface area (Å²) >= 11 is 0. The van der Waals surface area contributed by atoms with Gasteiger partial charge in [-0.2, -0.15) is 22.0 Å². The molecule has 0 saturated carbocycles. The first kappa shape index (κ1) is 34.0. The standard InChI is InChI=1S/C31H20F10O2.CH4/c1-2-3-17-4-6-18(7-5-17)19-8-9-22(23(32)12-19)20-13-24(33)28(25(34)14-20)31(40,41)43-21-15-26(35)29(27(36)16-21)42-11-10-30(37,38)39;/h4-16H,2-3H2,1H3;1H4/b11-10+;. The van der Waals surface area contributed by atoms with Crippen molar-refractivity contribution in [2.24, 2.45) is 0 Å². The van der Waals surface area contributed by atoms with Gasteiger partial charge in [0.1, 0.15) is 28.8 Å². The van der Waals surface area contributed by atoms with Crippen molar-refractivity contribution in [1.82, 2.24) is 0 Å². The summed E-state index contributed by atoms with van der Waals surface area (Å²) < 4.78 is 147. The highest BCUT2D eigenvalue weighted by Gasteiger charge is 2.41. The summed E-state index contributed by atoms with van der Waals surface area (Å²) in [4.78, 5) is 0. The average Bonchev–Trinajstić information content (AvgIpc) is 2.89. The normalized spacial score (nSPS) is 11.9. The average molecular weight is 631 g/mol. The summed E-state index contributed by atoms with van der Waals surface area (Å²) in [6, 6.07) is 12.3. The van der Waals surface area contributed by atoms with Crippen LogP contribution >= 0.6 is 0 Å². The van der Waals surface area contributed by atoms with Gasteiger partial charge in [-0.05, 0) is 46.9 Å². The van der Waals surface area contributed by atoms with Gasteiger partial charge in [-0.3, -0.25) is 0 Å². The van der Waals surface area contributed by atoms with E-state index in [0.29, 0.717) is 23.3 Å². The Kier molecular flexibility index (Phi) is 10.4. The number of alkyl halides is 5. The molecule has 0 radical (unpaired) electrons. The van der Waals surface area contributed by atoms with Crippen LogP contribution in [0.1, 0.15) is 31.9 Å². The topological polar surface area (TPSA) is 18.5 Å². The van der Waals surface area contributed by atoms with Crippen molar-refractivity contribution in [2.75, 3.05) is 0 Å². The van der Waals surface area contributed by atoms with Crippen LogP contribution in [0.15, 0.2) is 79.1 Å². The molecule has 12 heteroatoms. The molecule has 0 aliphatic rings. The summed E-state index contributed by atoms with van der Waals surface area (Å²) in [5, 5.41) is 0. The maximum absolute atomic E-state index is 15.0. The zero-order chi connectivity index (χ0) is 31.5. The van der Waals surface area contributed by atoms with E-state index in [1.54, 1.807) is 12.1 Å². The highest BCUT2D eigenvalue weighted by atomic mass is 19.4. The van der Waals surface area contributed by atoms with Gasteiger partial charge >= 0.3 is 12.3 Å². The molecule has 0 aromatic heterocycles. The van der Waals surface area contributed by atoms with Gasteiger partial charge in [-0.15, -0.1) is 0 Å². The van der Waals surface area contributed by atoms with E-state index in [2.05, 4.69) is 9.47 Å². The van der Waals surface area contributed by atoms with E-state index in [4.69, 9.17) is 0 Å². The van der Waals surface area contributed by atoms with Crippen molar-refractivity contribution in [3.63, 3.8) is 0 Å². The number of benzene rings is 4. The van der Waals surface area contributed by atoms with Gasteiger partial charge in [0.2, 0.25) is 0 Å². The molecule has 44 heavy (non-hydrogen) atoms. The molecular formula is C32H24F10O2. The second-order valence-corrected chi connectivity index (χ2v) is 9.25. The summed E-state index contributed by atoms with van der Waals surface area (Å²) in [6.45, 7) is 2.03. The summed E-state index contributed by atoms with van der Waals surface area (Å²) in [5.41, 5.74) is -0.404. The maximum atomic E-state index is 15.0. The van der Waals surface area contributed by atoms with Crippen molar-refractivity contribution >= 4 is 0 Å². The molecule has 2 nitrogen and oxygen atoms in total. The summed E-state index contributed by atoms with van der Waals surface area (Å²) in [7, 11) is 0. The number of ether oxygens (including phenoxy) is 2. The minimum atomic E-state index is -4.86. The number of rotatable bonds is 9. The highest BCUT2D eigenvalue weighted by Crippen LogP contribution is 2.39. The second-order valence-electron chi connectivity index (χ2n) is 9.25. The zero-order valence-corrected chi connectivity index (χ0v) is 22.0. The molecular weight excluding hydrogens is 606 g/mol. The van der Waals surface area contributed by atoms with Crippen molar-refractivity contribution in [2.45, 2.75) is 39.5 Å². The van der Waals surface area contributed by atoms with Gasteiger partial charge in [0, 0.05) is 17.7 Å². The highest BCUT2D eigenvalue weighted by molar-refractivity contribution is 5.71. The lowest BCUT2D eigenvalue weighted by atomic mass is 9.97. The molecule has 0 bridgehead atoms. The Hall–Kier alpha value is -4.48. The van der Waals surface area contributed by atoms with Crippen LogP contribution in [0.25, 0.3) is 22.3 Å². The fourth-order valence-electron chi connectivity index (χ4n) is 4.17. The largest absolute Gasteiger partial charge is 0.459 e. The van der Waals surface area contributed by atoms with Gasteiger partial charge < -0.3 is 9.47 Å². The third-order valence-electron chi connectivity index (χ3n) is 6.10. The number of aryl methyl sites for hydroxylation is 1. The molecule has 0 N–H and O–H groups in total. The van der Waals surface area contributed by atoms with E-state index in [1.165, 1.54) is 12.1 Å². The first-order chi connectivity index (χ1) is 20.2. The fraction of sp³-hybridized carbons (Fsp3) is 0.188. The van der Waals surface area contributed by atoms with Gasteiger partial charge in [0.15, 0.2) is 17.4 Å². The van der Waals surface area contributed by atoms with Crippen molar-refractivity contribution in [3.8, 4) is 33.8 Å². The van der Waals surface area contributed by atoms with Crippen LogP contribution in [0.3, 0.4) is 0 Å². The molecule has 4 aromatic rings. The van der Waals surface area contributed by atoms with E-state index in [0.717, 1.165) is 24.5 Å². The molecule has 234 valence electrons. The van der Waals surface area contributed by atoms with Gasteiger partial charge in [0.25, 0.3) is 0 Å². The minimum Gasteiger partial charge on any atom is -0.459 e. The van der Waals surface area contributed by atoms with E-state index in [9.17, 15) is 43.9 Å². The molecule has 0 heterocycles. The molecule has 0 spiro atoms. The Morgan fingerprint density at radius 2 is 1.20 bits per heavy atom. The van der Waals surface area contributed by atoms with Crippen molar-refractivity contribution in [1.29, 1.82) is 0 Å². The van der Waals surface area contributed by atoms with E-state index >= 15 is 0 Å². The molecule has 0 aliphatic heterocycles. The van der Waals surface area contributed by atoms with Crippen LogP contribution in [0.2, 0.25) is 0 Å². The SMILES string of the molecule is C.CCCc1ccc(-c2ccc(-c3cc(F)c(C(F)(F)Oc4cc(F)c(O/C=C/C(F)(F)F)c(F)c4)c(F)c3)c(F)c2)cc1. The van der Waals surface area contributed by atoms with Crippen LogP contribution in [-0.4, -0.2) is 6.18 Å². The molecule has 4 aromatic carbocycles. The Bertz CT molecular complexity index is 1600. The zero-order valence-electron chi connectivity index (χ0n) is 22.0. The van der Waals surface area contributed by atoms with Gasteiger partial charge in [-0.1, -0.05) is 57.2 Å². The number of hydrogen-bond donors (Lipinski definition) is 0. The third-order valence-corrected chi connectivity index (χ3v) is 6.10. The van der Waals surface area contributed by atoms with Crippen LogP contribution < -0.4 is 9.47 Å². The van der Waals surface area contributed by atoms with Gasteiger partial charge in [0.05, 0.1) is 12.3 Å². The Morgan fingerprint density at radius 1 is 0.659 bits per heavy atom. The van der Waals surface area contributed by atoms with Gasteiger partial charge in [-0.25, -0.2) is 22.0 Å². The predicted molar refractivity (Wildman–Crippen MR) is 145 cm³/mol. The smallest absolute Gasteiger partial charge is 0.432 e. The monoisotopic (exact) mass is 630 g/mol. The maximum Gasteiger partial charge on any atom is 0.432 e. The molecule has 0 atom stereocenters. The number of hydrogen-bond acceptors (Lipinski definition) is 2. The molecule has 0 aliphatic carbocycles. The summed E-state index contributed by atoms with van der Waals surface area (Å²) in [5.74, 6) is -10.7. The molecule has 0 saturated heterocycles. The Labute approximate surface area is 246 Å². The fourth-order valence-corrected chi connectivity index (χ4v) is 4.17. The lowest BCUT2D eigenvalue weighted by molar-refractivity contribution is -0.189. The van der Waals surface area contributed by atoms with Crippen LogP contribution in [0.4, 0.5) is 43.9 Å². The van der Waals surface area contributed by atoms with Crippen molar-refractivity contribution < 1.29 is 53.4 Å². The third kappa shape index (κ3) is 7.91. The van der Waals surface area contributed by atoms with Crippen LogP contribution in [0.5, 0.6) is 11.5 Å².